The van der Waals surface area contributed by atoms with Crippen molar-refractivity contribution in [2.45, 2.75) is 49.6 Å². The van der Waals surface area contributed by atoms with Crippen molar-refractivity contribution in [3.8, 4) is 5.69 Å². The quantitative estimate of drug-likeness (QED) is 0.488. The van der Waals surface area contributed by atoms with Gasteiger partial charge in [0.15, 0.2) is 5.82 Å². The van der Waals surface area contributed by atoms with Crippen LogP contribution in [-0.2, 0) is 18.0 Å². The first-order valence-corrected chi connectivity index (χ1v) is 10.4. The molecule has 5 nitrogen and oxygen atoms in total. The molecule has 2 aliphatic rings. The van der Waals surface area contributed by atoms with E-state index in [0.29, 0.717) is 17.6 Å². The fourth-order valence-corrected chi connectivity index (χ4v) is 4.95. The monoisotopic (exact) mass is 413 g/mol. The minimum atomic E-state index is -0.327. The summed E-state index contributed by atoms with van der Waals surface area (Å²) in [4.78, 5) is 4.17. The zero-order chi connectivity index (χ0) is 19.1. The summed E-state index contributed by atoms with van der Waals surface area (Å²) in [6, 6.07) is 12.4. The summed E-state index contributed by atoms with van der Waals surface area (Å²) in [6.07, 6.45) is 5.67. The summed E-state index contributed by atoms with van der Waals surface area (Å²) in [5.41, 5.74) is 4.64. The van der Waals surface area contributed by atoms with Crippen LogP contribution in [0.25, 0.3) is 5.69 Å². The highest BCUT2D eigenvalue weighted by atomic mass is 35.5. The number of halogens is 2. The van der Waals surface area contributed by atoms with E-state index in [1.807, 2.05) is 12.1 Å². The van der Waals surface area contributed by atoms with Crippen molar-refractivity contribution in [3.63, 3.8) is 0 Å². The lowest BCUT2D eigenvalue weighted by Gasteiger charge is -2.36. The van der Waals surface area contributed by atoms with Gasteiger partial charge in [-0.2, -0.15) is 0 Å². The summed E-state index contributed by atoms with van der Waals surface area (Å²) >= 11 is 13.2. The van der Waals surface area contributed by atoms with E-state index in [0.717, 1.165) is 49.4 Å². The fourth-order valence-electron chi connectivity index (χ4n) is 4.44. The van der Waals surface area contributed by atoms with Gasteiger partial charge in [-0.05, 0) is 55.0 Å². The maximum atomic E-state index is 7.15. The van der Waals surface area contributed by atoms with Gasteiger partial charge in [-0.25, -0.2) is 4.98 Å². The van der Waals surface area contributed by atoms with Crippen LogP contribution < -0.4 is 5.32 Å². The number of hydrogen-bond donors (Lipinski definition) is 1. The van der Waals surface area contributed by atoms with Crippen molar-refractivity contribution in [1.82, 2.24) is 25.1 Å². The second-order valence-corrected chi connectivity index (χ2v) is 8.80. The van der Waals surface area contributed by atoms with Gasteiger partial charge < -0.3 is 5.32 Å². The van der Waals surface area contributed by atoms with E-state index in [1.165, 1.54) is 11.1 Å². The first-order valence-electron chi connectivity index (χ1n) is 9.67. The lowest BCUT2D eigenvalue weighted by molar-refractivity contribution is 0.355. The molecule has 144 valence electrons. The van der Waals surface area contributed by atoms with Crippen LogP contribution in [0.2, 0.25) is 5.15 Å². The smallest absolute Gasteiger partial charge is 0.151 e. The summed E-state index contributed by atoms with van der Waals surface area (Å²) in [6.45, 7) is 1.51. The summed E-state index contributed by atoms with van der Waals surface area (Å²) in [7, 11) is 0. The molecule has 1 aliphatic carbocycles. The van der Waals surface area contributed by atoms with Gasteiger partial charge in [0, 0.05) is 18.2 Å². The van der Waals surface area contributed by atoms with Crippen molar-refractivity contribution in [2.75, 3.05) is 0 Å². The zero-order valence-electron chi connectivity index (χ0n) is 15.4. The highest BCUT2D eigenvalue weighted by Gasteiger charge is 2.36. The van der Waals surface area contributed by atoms with Gasteiger partial charge in [-0.15, -0.1) is 21.8 Å². The number of rotatable bonds is 2. The minimum Gasteiger partial charge on any atom is -0.306 e. The average molecular weight is 414 g/mol. The molecule has 1 fully saturated rings. The molecule has 1 aromatic carbocycles. The van der Waals surface area contributed by atoms with E-state index in [9.17, 15) is 0 Å². The van der Waals surface area contributed by atoms with Gasteiger partial charge in [0.05, 0.1) is 17.1 Å². The predicted octanol–water partition coefficient (Wildman–Crippen LogP) is 4.71. The molecule has 0 atom stereocenters. The molecule has 1 saturated carbocycles. The minimum absolute atomic E-state index is 0.327. The number of aromatic nitrogens is 4. The van der Waals surface area contributed by atoms with Crippen LogP contribution in [0.1, 0.15) is 54.2 Å². The lowest BCUT2D eigenvalue weighted by Crippen LogP contribution is -2.26. The van der Waals surface area contributed by atoms with E-state index in [2.05, 4.69) is 49.3 Å². The number of nitrogens with zero attached hydrogens (tertiary/aromatic N) is 4. The topological polar surface area (TPSA) is 55.6 Å². The molecule has 0 amide bonds. The molecule has 0 spiro atoms. The SMILES string of the molecule is Clc1cccc(C2CCC(Cl)(c3ccc4c(c3)CNCc3nncn3-4)CC2)n1. The standard InChI is InChI=1S/C21H21Cl2N5/c22-19-3-1-2-17(26-19)14-6-8-21(23,9-7-14)16-4-5-18-15(10-16)11-24-12-20-27-25-13-28(18)20/h1-5,10,13-14,24H,6-9,11-12H2. The normalized spacial score (nSPS) is 24.3. The Morgan fingerprint density at radius 1 is 1.11 bits per heavy atom. The van der Waals surface area contributed by atoms with Crippen LogP contribution in [0.3, 0.4) is 0 Å². The Balaban J connectivity index is 1.39. The van der Waals surface area contributed by atoms with Crippen LogP contribution in [0.15, 0.2) is 42.7 Å². The van der Waals surface area contributed by atoms with Crippen LogP contribution in [0, 0.1) is 0 Å². The largest absolute Gasteiger partial charge is 0.306 e. The van der Waals surface area contributed by atoms with Crippen LogP contribution in [-0.4, -0.2) is 19.7 Å². The predicted molar refractivity (Wildman–Crippen MR) is 110 cm³/mol. The molecular weight excluding hydrogens is 393 g/mol. The second kappa shape index (κ2) is 7.14. The molecule has 1 N–H and O–H groups in total. The third kappa shape index (κ3) is 3.21. The molecule has 0 bridgehead atoms. The molecule has 3 heterocycles. The van der Waals surface area contributed by atoms with E-state index in [4.69, 9.17) is 23.2 Å². The van der Waals surface area contributed by atoms with Gasteiger partial charge in [-0.1, -0.05) is 29.8 Å². The third-order valence-corrected chi connectivity index (χ3v) is 6.81. The number of benzene rings is 1. The van der Waals surface area contributed by atoms with Crippen molar-refractivity contribution in [1.29, 1.82) is 0 Å². The lowest BCUT2D eigenvalue weighted by atomic mass is 9.76. The van der Waals surface area contributed by atoms with E-state index >= 15 is 0 Å². The molecular formula is C21H21Cl2N5. The van der Waals surface area contributed by atoms with E-state index in [1.54, 1.807) is 6.33 Å². The van der Waals surface area contributed by atoms with Gasteiger partial charge in [0.25, 0.3) is 0 Å². The van der Waals surface area contributed by atoms with Gasteiger partial charge in [0.1, 0.15) is 11.5 Å². The number of nitrogens with one attached hydrogen (secondary N) is 1. The van der Waals surface area contributed by atoms with Gasteiger partial charge >= 0.3 is 0 Å². The Bertz CT molecular complexity index is 1010. The van der Waals surface area contributed by atoms with E-state index in [-0.39, 0.29) is 4.87 Å². The number of hydrogen-bond acceptors (Lipinski definition) is 4. The summed E-state index contributed by atoms with van der Waals surface area (Å²) in [5.74, 6) is 1.36. The molecule has 2 aromatic heterocycles. The number of alkyl halides is 1. The van der Waals surface area contributed by atoms with Crippen molar-refractivity contribution in [3.05, 3.63) is 70.5 Å². The van der Waals surface area contributed by atoms with Gasteiger partial charge in [-0.3, -0.25) is 4.57 Å². The maximum Gasteiger partial charge on any atom is 0.151 e. The Kier molecular flexibility index (Phi) is 4.62. The molecule has 7 heteroatoms. The van der Waals surface area contributed by atoms with Crippen LogP contribution in [0.5, 0.6) is 0 Å². The van der Waals surface area contributed by atoms with Crippen molar-refractivity contribution in [2.24, 2.45) is 0 Å². The highest BCUT2D eigenvalue weighted by Crippen LogP contribution is 2.48. The zero-order valence-corrected chi connectivity index (χ0v) is 16.9. The Hall–Kier alpha value is -1.95. The highest BCUT2D eigenvalue weighted by molar-refractivity contribution is 6.29. The molecule has 0 radical (unpaired) electrons. The van der Waals surface area contributed by atoms with Crippen molar-refractivity contribution < 1.29 is 0 Å². The van der Waals surface area contributed by atoms with Gasteiger partial charge in [0.2, 0.25) is 0 Å². The maximum absolute atomic E-state index is 7.15. The van der Waals surface area contributed by atoms with Crippen LogP contribution in [0.4, 0.5) is 0 Å². The molecule has 0 unspecified atom stereocenters. The Labute approximate surface area is 174 Å². The first kappa shape index (κ1) is 18.1. The number of fused-ring (bicyclic) bond motifs is 3. The average Bonchev–Trinajstić information content (AvgIpc) is 3.10. The molecule has 5 rings (SSSR count). The van der Waals surface area contributed by atoms with Crippen molar-refractivity contribution >= 4 is 23.2 Å². The Morgan fingerprint density at radius 2 is 1.96 bits per heavy atom. The molecule has 3 aromatic rings. The first-order chi connectivity index (χ1) is 13.6. The Morgan fingerprint density at radius 3 is 2.79 bits per heavy atom. The van der Waals surface area contributed by atoms with Crippen LogP contribution >= 0.6 is 23.2 Å². The summed E-state index contributed by atoms with van der Waals surface area (Å²) < 4.78 is 2.06. The third-order valence-electron chi connectivity index (χ3n) is 6.01. The molecule has 0 saturated heterocycles. The fraction of sp³-hybridized carbons (Fsp3) is 0.381. The summed E-state index contributed by atoms with van der Waals surface area (Å²) in [5, 5.41) is 12.2. The molecule has 1 aliphatic heterocycles. The second-order valence-electron chi connectivity index (χ2n) is 7.69. The molecule has 28 heavy (non-hydrogen) atoms. The number of pyridine rings is 1. The van der Waals surface area contributed by atoms with E-state index < -0.39 is 0 Å².